The third-order valence-corrected chi connectivity index (χ3v) is 4.66. The lowest BCUT2D eigenvalue weighted by Gasteiger charge is -2.24. The van der Waals surface area contributed by atoms with E-state index in [0.29, 0.717) is 11.3 Å². The van der Waals surface area contributed by atoms with Crippen molar-refractivity contribution in [2.45, 2.75) is 57.6 Å². The summed E-state index contributed by atoms with van der Waals surface area (Å²) < 4.78 is 20.9. The van der Waals surface area contributed by atoms with Crippen molar-refractivity contribution in [3.05, 3.63) is 27.8 Å². The SMILES string of the molecule is CC(C)CC(NC(=O)OC(C)(C)C)C(=O)N[S+]([O-])c1cccc(I)c1. The van der Waals surface area contributed by atoms with Crippen molar-refractivity contribution < 1.29 is 18.9 Å². The van der Waals surface area contributed by atoms with Crippen molar-refractivity contribution in [1.29, 1.82) is 0 Å². The highest BCUT2D eigenvalue weighted by Crippen LogP contribution is 2.14. The first-order valence-electron chi connectivity index (χ1n) is 7.95. The smallest absolute Gasteiger partial charge is 0.408 e. The van der Waals surface area contributed by atoms with E-state index < -0.39 is 35.0 Å². The van der Waals surface area contributed by atoms with Gasteiger partial charge in [0.2, 0.25) is 0 Å². The molecule has 0 heterocycles. The Morgan fingerprint density at radius 1 is 1.32 bits per heavy atom. The van der Waals surface area contributed by atoms with Crippen molar-refractivity contribution in [1.82, 2.24) is 10.0 Å². The molecule has 25 heavy (non-hydrogen) atoms. The quantitative estimate of drug-likeness (QED) is 0.483. The largest absolute Gasteiger partial charge is 0.588 e. The molecule has 0 aliphatic rings. The van der Waals surface area contributed by atoms with Crippen LogP contribution in [-0.4, -0.2) is 28.2 Å². The van der Waals surface area contributed by atoms with Gasteiger partial charge in [0.25, 0.3) is 5.91 Å². The summed E-state index contributed by atoms with van der Waals surface area (Å²) in [6, 6.07) is 6.23. The van der Waals surface area contributed by atoms with Crippen LogP contribution < -0.4 is 10.0 Å². The van der Waals surface area contributed by atoms with E-state index in [1.807, 2.05) is 19.9 Å². The minimum absolute atomic E-state index is 0.164. The van der Waals surface area contributed by atoms with Crippen molar-refractivity contribution in [2.24, 2.45) is 5.92 Å². The first-order chi connectivity index (χ1) is 11.5. The number of benzene rings is 1. The first kappa shape index (κ1) is 22.0. The molecule has 2 unspecified atom stereocenters. The maximum Gasteiger partial charge on any atom is 0.408 e. The minimum atomic E-state index is -1.69. The van der Waals surface area contributed by atoms with Crippen LogP contribution in [0, 0.1) is 9.49 Å². The van der Waals surface area contributed by atoms with Gasteiger partial charge in [-0.1, -0.05) is 19.9 Å². The molecule has 0 saturated carbocycles. The molecule has 0 aliphatic heterocycles. The number of nitrogens with one attached hydrogen (secondary N) is 2. The number of halogens is 1. The van der Waals surface area contributed by atoms with E-state index in [0.717, 1.165) is 3.57 Å². The molecule has 0 bridgehead atoms. The molecule has 0 aliphatic carbocycles. The van der Waals surface area contributed by atoms with E-state index >= 15 is 0 Å². The summed E-state index contributed by atoms with van der Waals surface area (Å²) in [6.07, 6.45) is -0.262. The van der Waals surface area contributed by atoms with Gasteiger partial charge in [-0.25, -0.2) is 4.79 Å². The predicted molar refractivity (Wildman–Crippen MR) is 106 cm³/mol. The number of amides is 2. The molecule has 8 heteroatoms. The highest BCUT2D eigenvalue weighted by molar-refractivity contribution is 14.1. The van der Waals surface area contributed by atoms with Crippen LogP contribution in [0.15, 0.2) is 29.2 Å². The zero-order chi connectivity index (χ0) is 19.2. The van der Waals surface area contributed by atoms with Crippen molar-refractivity contribution >= 4 is 46.0 Å². The van der Waals surface area contributed by atoms with Crippen LogP contribution in [0.2, 0.25) is 0 Å². The number of ether oxygens (including phenoxy) is 1. The normalized spacial score (nSPS) is 13.9. The van der Waals surface area contributed by atoms with Crippen LogP contribution in [-0.2, 0) is 20.9 Å². The van der Waals surface area contributed by atoms with Gasteiger partial charge in [0.15, 0.2) is 4.90 Å². The second-order valence-electron chi connectivity index (χ2n) is 7.02. The second kappa shape index (κ2) is 9.63. The molecule has 0 aromatic heterocycles. The highest BCUT2D eigenvalue weighted by Gasteiger charge is 2.28. The van der Waals surface area contributed by atoms with E-state index in [1.165, 1.54) is 0 Å². The molecular formula is C17H25IN2O4S. The van der Waals surface area contributed by atoms with Gasteiger partial charge in [-0.05, 0) is 67.8 Å². The summed E-state index contributed by atoms with van der Waals surface area (Å²) in [5.74, 6) is -0.339. The van der Waals surface area contributed by atoms with Gasteiger partial charge < -0.3 is 14.6 Å². The van der Waals surface area contributed by atoms with E-state index in [1.54, 1.807) is 39.0 Å². The van der Waals surface area contributed by atoms with E-state index in [4.69, 9.17) is 4.74 Å². The lowest BCUT2D eigenvalue weighted by atomic mass is 10.0. The summed E-state index contributed by atoms with van der Waals surface area (Å²) >= 11 is 0.420. The van der Waals surface area contributed by atoms with Gasteiger partial charge in [0.1, 0.15) is 23.0 Å². The van der Waals surface area contributed by atoms with Crippen molar-refractivity contribution in [3.8, 4) is 0 Å². The molecule has 140 valence electrons. The Morgan fingerprint density at radius 3 is 2.48 bits per heavy atom. The maximum absolute atomic E-state index is 12.5. The van der Waals surface area contributed by atoms with E-state index in [-0.39, 0.29) is 5.92 Å². The fourth-order valence-electron chi connectivity index (χ4n) is 1.96. The summed E-state index contributed by atoms with van der Waals surface area (Å²) in [5, 5.41) is 2.56. The van der Waals surface area contributed by atoms with E-state index in [2.05, 4.69) is 32.6 Å². The molecule has 0 fully saturated rings. The Kier molecular flexibility index (Phi) is 8.49. The molecule has 2 amide bonds. The topological polar surface area (TPSA) is 90.5 Å². The molecule has 0 spiro atoms. The molecule has 1 rings (SSSR count). The lowest BCUT2D eigenvalue weighted by Crippen LogP contribution is -2.50. The molecule has 1 aromatic carbocycles. The molecule has 6 nitrogen and oxygen atoms in total. The first-order valence-corrected chi connectivity index (χ1v) is 10.2. The van der Waals surface area contributed by atoms with Crippen LogP contribution in [0.4, 0.5) is 4.79 Å². The Balaban J connectivity index is 2.77. The van der Waals surface area contributed by atoms with E-state index in [9.17, 15) is 14.1 Å². The van der Waals surface area contributed by atoms with Gasteiger partial charge >= 0.3 is 6.09 Å². The fraction of sp³-hybridized carbons (Fsp3) is 0.529. The summed E-state index contributed by atoms with van der Waals surface area (Å²) in [5.41, 5.74) is -0.660. The predicted octanol–water partition coefficient (Wildman–Crippen LogP) is 3.37. The lowest BCUT2D eigenvalue weighted by molar-refractivity contribution is -0.121. The van der Waals surface area contributed by atoms with Crippen molar-refractivity contribution in [2.75, 3.05) is 0 Å². The third kappa shape index (κ3) is 8.77. The number of carbonyl (C=O) groups excluding carboxylic acids is 2. The monoisotopic (exact) mass is 480 g/mol. The van der Waals surface area contributed by atoms with Gasteiger partial charge in [-0.2, -0.15) is 4.72 Å². The van der Waals surface area contributed by atoms with Gasteiger partial charge in [-0.15, -0.1) is 0 Å². The average molecular weight is 480 g/mol. The fourth-order valence-corrected chi connectivity index (χ4v) is 3.59. The van der Waals surface area contributed by atoms with Crippen LogP contribution >= 0.6 is 22.6 Å². The summed E-state index contributed by atoms with van der Waals surface area (Å²) in [4.78, 5) is 24.9. The van der Waals surface area contributed by atoms with Gasteiger partial charge in [0, 0.05) is 9.64 Å². The number of rotatable bonds is 6. The number of carbonyl (C=O) groups is 2. The summed E-state index contributed by atoms with van der Waals surface area (Å²) in [6.45, 7) is 9.11. The third-order valence-electron chi connectivity index (χ3n) is 2.92. The molecule has 0 saturated heterocycles. The Morgan fingerprint density at radius 2 is 1.96 bits per heavy atom. The Hall–Kier alpha value is -1.000. The average Bonchev–Trinajstić information content (AvgIpc) is 2.43. The Labute approximate surface area is 165 Å². The standard InChI is InChI=1S/C17H25IN2O4S/c1-11(2)9-14(19-16(22)24-17(3,4)5)15(21)20-25(23)13-8-6-7-12(18)10-13/h6-8,10-11,14H,9H2,1-5H3,(H,19,22)(H,20,21). The number of hydrogen-bond acceptors (Lipinski definition) is 4. The summed E-state index contributed by atoms with van der Waals surface area (Å²) in [7, 11) is 0. The molecule has 1 aromatic rings. The molecule has 2 N–H and O–H groups in total. The Bertz CT molecular complexity index is 605. The molecular weight excluding hydrogens is 455 g/mol. The zero-order valence-electron chi connectivity index (χ0n) is 15.1. The second-order valence-corrected chi connectivity index (χ2v) is 9.48. The number of alkyl carbamates (subject to hydrolysis) is 1. The van der Waals surface area contributed by atoms with Crippen LogP contribution in [0.1, 0.15) is 41.0 Å². The zero-order valence-corrected chi connectivity index (χ0v) is 18.1. The van der Waals surface area contributed by atoms with Crippen molar-refractivity contribution in [3.63, 3.8) is 0 Å². The van der Waals surface area contributed by atoms with Gasteiger partial charge in [0.05, 0.1) is 0 Å². The van der Waals surface area contributed by atoms with Crippen LogP contribution in [0.5, 0.6) is 0 Å². The highest BCUT2D eigenvalue weighted by atomic mass is 127. The van der Waals surface area contributed by atoms with Crippen LogP contribution in [0.25, 0.3) is 0 Å². The van der Waals surface area contributed by atoms with Gasteiger partial charge in [-0.3, -0.25) is 4.79 Å². The maximum atomic E-state index is 12.5. The van der Waals surface area contributed by atoms with Crippen LogP contribution in [0.3, 0.4) is 0 Å². The number of hydrogen-bond donors (Lipinski definition) is 2. The minimum Gasteiger partial charge on any atom is -0.588 e. The molecule has 0 radical (unpaired) electrons. The molecule has 2 atom stereocenters.